The number of nitrogens with zero attached hydrogens (tertiary/aromatic N) is 2. The molecule has 100 valence electrons. The van der Waals surface area contributed by atoms with E-state index in [4.69, 9.17) is 10.5 Å². The van der Waals surface area contributed by atoms with Gasteiger partial charge in [0.1, 0.15) is 0 Å². The maximum Gasteiger partial charge on any atom is 2.00 e. The molecule has 0 saturated carbocycles. The second-order valence-electron chi connectivity index (χ2n) is 2.78. The first-order chi connectivity index (χ1) is 7.86. The number of hydrogen-bond acceptors (Lipinski definition) is 2. The fraction of sp³-hybridized carbons (Fsp3) is 0. The summed E-state index contributed by atoms with van der Waals surface area (Å²) in [5, 5.41) is 16.5. The van der Waals surface area contributed by atoms with Crippen molar-refractivity contribution in [2.45, 2.75) is 0 Å². The van der Waals surface area contributed by atoms with Crippen molar-refractivity contribution in [1.29, 1.82) is 10.5 Å². The number of nitriles is 2. The Kier molecular flexibility index (Phi) is 18.4. The third-order valence-electron chi connectivity index (χ3n) is 1.66. The van der Waals surface area contributed by atoms with Gasteiger partial charge in [-0.2, -0.15) is 0 Å². The van der Waals surface area contributed by atoms with Gasteiger partial charge in [-0.3, -0.25) is 10.5 Å². The van der Waals surface area contributed by atoms with Crippen molar-refractivity contribution in [2.24, 2.45) is 0 Å². The van der Waals surface area contributed by atoms with Gasteiger partial charge in [-0.15, -0.1) is 60.7 Å². The summed E-state index contributed by atoms with van der Waals surface area (Å²) >= 11 is 0. The molecule has 0 bridgehead atoms. The zero-order valence-electron chi connectivity index (χ0n) is 9.59. The van der Waals surface area contributed by atoms with Gasteiger partial charge < -0.3 is 34.0 Å². The van der Waals surface area contributed by atoms with Crippen molar-refractivity contribution in [2.75, 3.05) is 0 Å². The molecule has 0 saturated heterocycles. The Hall–Kier alpha value is -0.958. The van der Waals surface area contributed by atoms with E-state index in [9.17, 15) is 0 Å². The molecule has 0 aliphatic carbocycles. The summed E-state index contributed by atoms with van der Waals surface area (Å²) in [6, 6.07) is 23.6. The molecule has 2 aromatic rings. The zero-order valence-corrected chi connectivity index (χ0v) is 14.3. The summed E-state index contributed by atoms with van der Waals surface area (Å²) in [6.07, 6.45) is 0. The van der Waals surface area contributed by atoms with E-state index in [2.05, 4.69) is 12.1 Å². The molecular formula is C14H8Br2N2Pd-2. The second kappa shape index (κ2) is 15.1. The predicted octanol–water partition coefficient (Wildman–Crippen LogP) is -3.28. The fourth-order valence-corrected chi connectivity index (χ4v) is 0.926. The quantitative estimate of drug-likeness (QED) is 0.300. The molecular weight excluding hydrogens is 462 g/mol. The average Bonchev–Trinajstić information content (AvgIpc) is 2.41. The maximum absolute atomic E-state index is 8.26. The molecule has 0 aliphatic rings. The van der Waals surface area contributed by atoms with E-state index in [0.717, 1.165) is 0 Å². The van der Waals surface area contributed by atoms with E-state index in [-0.39, 0.29) is 54.4 Å². The van der Waals surface area contributed by atoms with E-state index in [1.54, 1.807) is 24.3 Å². The van der Waals surface area contributed by atoms with Gasteiger partial charge in [0.15, 0.2) is 0 Å². The molecule has 0 radical (unpaired) electrons. The summed E-state index contributed by atoms with van der Waals surface area (Å²) in [4.78, 5) is 0. The first-order valence-electron chi connectivity index (χ1n) is 4.60. The molecule has 2 aromatic carbocycles. The second-order valence-corrected chi connectivity index (χ2v) is 2.78. The fourth-order valence-electron chi connectivity index (χ4n) is 0.926. The molecule has 0 atom stereocenters. The van der Waals surface area contributed by atoms with Crippen LogP contribution in [0.1, 0.15) is 11.1 Å². The molecule has 0 amide bonds. The van der Waals surface area contributed by atoms with Crippen molar-refractivity contribution >= 4 is 0 Å². The molecule has 2 rings (SSSR count). The summed E-state index contributed by atoms with van der Waals surface area (Å²) in [5.74, 6) is 0. The molecule has 0 fully saturated rings. The van der Waals surface area contributed by atoms with Crippen LogP contribution in [0.4, 0.5) is 0 Å². The maximum atomic E-state index is 8.26. The normalized spacial score (nSPS) is 6.63. The third-order valence-corrected chi connectivity index (χ3v) is 1.66. The summed E-state index contributed by atoms with van der Waals surface area (Å²) in [6.45, 7) is 0. The Labute approximate surface area is 148 Å². The Morgan fingerprint density at radius 1 is 0.737 bits per heavy atom. The van der Waals surface area contributed by atoms with Crippen LogP contribution in [0.3, 0.4) is 0 Å². The number of halogens is 2. The molecule has 0 heterocycles. The Balaban J connectivity index is -0.000000233. The van der Waals surface area contributed by atoms with E-state index >= 15 is 0 Å². The molecule has 2 nitrogen and oxygen atoms in total. The number of rotatable bonds is 0. The largest absolute Gasteiger partial charge is 2.00 e. The van der Waals surface area contributed by atoms with E-state index in [1.807, 2.05) is 36.4 Å². The molecule has 19 heavy (non-hydrogen) atoms. The van der Waals surface area contributed by atoms with Crippen LogP contribution in [-0.4, -0.2) is 0 Å². The van der Waals surface area contributed by atoms with Gasteiger partial charge >= 0.3 is 20.4 Å². The van der Waals surface area contributed by atoms with Gasteiger partial charge in [0, 0.05) is 0 Å². The standard InChI is InChI=1S/2C7H4N.2BrH.Pd/c2*8-6-7-4-2-1-3-5-7;;;/h2*1-4H;2*1H;/q2*-1;;;+2/p-2. The van der Waals surface area contributed by atoms with Gasteiger partial charge in [0.25, 0.3) is 0 Å². The van der Waals surface area contributed by atoms with Crippen molar-refractivity contribution in [1.82, 2.24) is 0 Å². The smallest absolute Gasteiger partial charge is 1.00 e. The molecule has 0 aromatic heterocycles. The van der Waals surface area contributed by atoms with Crippen LogP contribution in [0.15, 0.2) is 48.5 Å². The van der Waals surface area contributed by atoms with Crippen LogP contribution in [0, 0.1) is 34.8 Å². The Bertz CT molecular complexity index is 455. The van der Waals surface area contributed by atoms with Gasteiger partial charge in [-0.1, -0.05) is 11.1 Å². The first kappa shape index (κ1) is 23.2. The van der Waals surface area contributed by atoms with Crippen LogP contribution in [0.25, 0.3) is 0 Å². The summed E-state index contributed by atoms with van der Waals surface area (Å²) in [7, 11) is 0. The average molecular weight is 470 g/mol. The van der Waals surface area contributed by atoms with Crippen LogP contribution in [-0.2, 0) is 20.4 Å². The Morgan fingerprint density at radius 3 is 1.26 bits per heavy atom. The van der Waals surface area contributed by atoms with Crippen LogP contribution < -0.4 is 34.0 Å². The molecule has 0 spiro atoms. The molecule has 5 heteroatoms. The van der Waals surface area contributed by atoms with Crippen molar-refractivity contribution < 1.29 is 54.4 Å². The topological polar surface area (TPSA) is 47.6 Å². The van der Waals surface area contributed by atoms with Crippen LogP contribution in [0.2, 0.25) is 0 Å². The van der Waals surface area contributed by atoms with E-state index in [1.165, 1.54) is 0 Å². The van der Waals surface area contributed by atoms with Crippen molar-refractivity contribution in [3.8, 4) is 12.1 Å². The van der Waals surface area contributed by atoms with Crippen molar-refractivity contribution in [3.05, 3.63) is 71.8 Å². The predicted molar refractivity (Wildman–Crippen MR) is 60.0 cm³/mol. The zero-order chi connectivity index (χ0) is 11.6. The van der Waals surface area contributed by atoms with Gasteiger partial charge in [-0.05, 0) is 12.1 Å². The van der Waals surface area contributed by atoms with Crippen LogP contribution >= 0.6 is 0 Å². The minimum absolute atomic E-state index is 0. The SMILES string of the molecule is N#Cc1[c-]cccc1.N#Cc1[c-]cccc1.[Br-].[Br-].[Pd+2]. The molecule has 0 unspecified atom stereocenters. The third kappa shape index (κ3) is 10.6. The van der Waals surface area contributed by atoms with Gasteiger partial charge in [-0.25, -0.2) is 0 Å². The molecule has 0 aliphatic heterocycles. The number of hydrogen-bond donors (Lipinski definition) is 0. The Morgan fingerprint density at radius 2 is 1.11 bits per heavy atom. The van der Waals surface area contributed by atoms with Gasteiger partial charge in [0.2, 0.25) is 0 Å². The first-order valence-corrected chi connectivity index (χ1v) is 4.60. The van der Waals surface area contributed by atoms with Crippen LogP contribution in [0.5, 0.6) is 0 Å². The van der Waals surface area contributed by atoms with E-state index < -0.39 is 0 Å². The van der Waals surface area contributed by atoms with Crippen molar-refractivity contribution in [3.63, 3.8) is 0 Å². The minimum Gasteiger partial charge on any atom is -1.00 e. The van der Waals surface area contributed by atoms with Gasteiger partial charge in [0.05, 0.1) is 0 Å². The monoisotopic (exact) mass is 468 g/mol. The summed E-state index contributed by atoms with van der Waals surface area (Å²) in [5.41, 5.74) is 1.18. The minimum atomic E-state index is 0. The molecule has 0 N–H and O–H groups in total. The van der Waals surface area contributed by atoms with E-state index in [0.29, 0.717) is 11.1 Å². The number of benzene rings is 2. The summed E-state index contributed by atoms with van der Waals surface area (Å²) < 4.78 is 0.